The molecular weight excluding hydrogens is 240 g/mol. The van der Waals surface area contributed by atoms with Gasteiger partial charge in [-0.3, -0.25) is 4.79 Å². The molecule has 2 aliphatic rings. The van der Waals surface area contributed by atoms with Crippen LogP contribution >= 0.6 is 0 Å². The summed E-state index contributed by atoms with van der Waals surface area (Å²) >= 11 is 0. The summed E-state index contributed by atoms with van der Waals surface area (Å²) in [5, 5.41) is 11.6. The molecule has 1 amide bonds. The number of nitrogens with zero attached hydrogens (tertiary/aromatic N) is 2. The van der Waals surface area contributed by atoms with Gasteiger partial charge < -0.3 is 16.0 Å². The number of nitrogens with two attached hydrogens (primary N) is 1. The molecule has 3 N–H and O–H groups in total. The van der Waals surface area contributed by atoms with Gasteiger partial charge in [-0.05, 0) is 30.5 Å². The molecule has 1 aliphatic heterocycles. The fraction of sp³-hybridized carbons (Fsp3) is 0.429. The number of hydrogen-bond donors (Lipinski definition) is 2. The van der Waals surface area contributed by atoms with Crippen molar-refractivity contribution in [2.45, 2.75) is 31.7 Å². The molecule has 0 saturated heterocycles. The molecule has 1 aliphatic carbocycles. The van der Waals surface area contributed by atoms with Gasteiger partial charge in [-0.2, -0.15) is 5.26 Å². The fourth-order valence-corrected chi connectivity index (χ4v) is 2.59. The van der Waals surface area contributed by atoms with Crippen molar-refractivity contribution in [2.75, 3.05) is 22.5 Å². The highest BCUT2D eigenvalue weighted by Crippen LogP contribution is 2.39. The Morgan fingerprint density at radius 2 is 2.26 bits per heavy atom. The second-order valence-electron chi connectivity index (χ2n) is 5.13. The number of carbonyl (C=O) groups is 1. The van der Waals surface area contributed by atoms with Crippen LogP contribution in [0.5, 0.6) is 0 Å². The van der Waals surface area contributed by atoms with E-state index in [0.29, 0.717) is 31.1 Å². The van der Waals surface area contributed by atoms with Gasteiger partial charge in [0, 0.05) is 18.3 Å². The van der Waals surface area contributed by atoms with E-state index in [2.05, 4.69) is 16.3 Å². The minimum atomic E-state index is 0.0153. The highest BCUT2D eigenvalue weighted by Gasteiger charge is 2.31. The van der Waals surface area contributed by atoms with Crippen LogP contribution in [0.25, 0.3) is 0 Å². The number of nitriles is 1. The normalized spacial score (nSPS) is 16.7. The first-order valence-electron chi connectivity index (χ1n) is 6.55. The van der Waals surface area contributed by atoms with Crippen molar-refractivity contribution in [2.24, 2.45) is 0 Å². The molecule has 0 radical (unpaired) electrons. The highest BCUT2D eigenvalue weighted by atomic mass is 16.1. The van der Waals surface area contributed by atoms with Gasteiger partial charge in [0.25, 0.3) is 0 Å². The molecule has 5 nitrogen and oxygen atoms in total. The van der Waals surface area contributed by atoms with E-state index in [0.717, 1.165) is 29.8 Å². The lowest BCUT2D eigenvalue weighted by molar-refractivity contribution is -0.115. The SMILES string of the molecule is N#CCCN(c1cc2c(cc1N)CC(=O)N2)C1CC1. The van der Waals surface area contributed by atoms with Gasteiger partial charge in [-0.1, -0.05) is 0 Å². The summed E-state index contributed by atoms with van der Waals surface area (Å²) in [5.41, 5.74) is 9.57. The minimum Gasteiger partial charge on any atom is -0.397 e. The van der Waals surface area contributed by atoms with E-state index < -0.39 is 0 Å². The number of nitrogen functional groups attached to an aromatic ring is 1. The van der Waals surface area contributed by atoms with Crippen molar-refractivity contribution in [1.82, 2.24) is 0 Å². The molecule has 0 unspecified atom stereocenters. The smallest absolute Gasteiger partial charge is 0.228 e. The zero-order valence-electron chi connectivity index (χ0n) is 10.6. The van der Waals surface area contributed by atoms with E-state index in [9.17, 15) is 4.79 Å². The Kier molecular flexibility index (Phi) is 2.79. The van der Waals surface area contributed by atoms with Gasteiger partial charge in [0.05, 0.1) is 30.3 Å². The van der Waals surface area contributed by atoms with Crippen LogP contribution in [0.2, 0.25) is 0 Å². The number of amides is 1. The standard InChI is InChI=1S/C14H16N4O/c15-4-1-5-18(10-2-3-10)13-8-12-9(6-11(13)16)7-14(19)17-12/h6,8,10H,1-3,5,7,16H2,(H,17,19). The molecule has 1 saturated carbocycles. The second-order valence-corrected chi connectivity index (χ2v) is 5.13. The zero-order valence-corrected chi connectivity index (χ0v) is 10.6. The van der Waals surface area contributed by atoms with Crippen LogP contribution in [-0.2, 0) is 11.2 Å². The topological polar surface area (TPSA) is 82.2 Å². The summed E-state index contributed by atoms with van der Waals surface area (Å²) in [6.45, 7) is 0.693. The van der Waals surface area contributed by atoms with Crippen molar-refractivity contribution in [3.8, 4) is 6.07 Å². The van der Waals surface area contributed by atoms with Crippen LogP contribution in [0.15, 0.2) is 12.1 Å². The van der Waals surface area contributed by atoms with Crippen LogP contribution < -0.4 is 16.0 Å². The molecule has 1 aromatic carbocycles. The third-order valence-corrected chi connectivity index (χ3v) is 3.64. The summed E-state index contributed by atoms with van der Waals surface area (Å²) in [4.78, 5) is 13.6. The van der Waals surface area contributed by atoms with E-state index in [1.807, 2.05) is 12.1 Å². The lowest BCUT2D eigenvalue weighted by Crippen LogP contribution is -2.27. The van der Waals surface area contributed by atoms with Gasteiger partial charge >= 0.3 is 0 Å². The van der Waals surface area contributed by atoms with Crippen LogP contribution in [0.1, 0.15) is 24.8 Å². The maximum atomic E-state index is 11.4. The fourth-order valence-electron chi connectivity index (χ4n) is 2.59. The van der Waals surface area contributed by atoms with E-state index in [1.165, 1.54) is 0 Å². The van der Waals surface area contributed by atoms with E-state index in [1.54, 1.807) is 0 Å². The third-order valence-electron chi connectivity index (χ3n) is 3.64. The Morgan fingerprint density at radius 3 is 2.95 bits per heavy atom. The molecule has 1 fully saturated rings. The molecule has 1 heterocycles. The van der Waals surface area contributed by atoms with Crippen molar-refractivity contribution < 1.29 is 4.79 Å². The van der Waals surface area contributed by atoms with Gasteiger partial charge in [-0.15, -0.1) is 0 Å². The molecule has 98 valence electrons. The quantitative estimate of drug-likeness (QED) is 0.802. The van der Waals surface area contributed by atoms with E-state index in [4.69, 9.17) is 11.0 Å². The lowest BCUT2D eigenvalue weighted by Gasteiger charge is -2.25. The average Bonchev–Trinajstić information content (AvgIpc) is 3.13. The zero-order chi connectivity index (χ0) is 13.4. The maximum absolute atomic E-state index is 11.4. The number of hydrogen-bond acceptors (Lipinski definition) is 4. The van der Waals surface area contributed by atoms with E-state index >= 15 is 0 Å². The lowest BCUT2D eigenvalue weighted by atomic mass is 10.1. The molecule has 19 heavy (non-hydrogen) atoms. The Morgan fingerprint density at radius 1 is 1.47 bits per heavy atom. The number of fused-ring (bicyclic) bond motifs is 1. The van der Waals surface area contributed by atoms with Crippen molar-refractivity contribution in [3.63, 3.8) is 0 Å². The summed E-state index contributed by atoms with van der Waals surface area (Å²) in [5.74, 6) is 0.0153. The minimum absolute atomic E-state index is 0.0153. The Hall–Kier alpha value is -2.22. The van der Waals surface area contributed by atoms with Gasteiger partial charge in [0.15, 0.2) is 0 Å². The number of benzene rings is 1. The predicted molar refractivity (Wildman–Crippen MR) is 73.8 cm³/mol. The Balaban J connectivity index is 1.93. The molecule has 1 aromatic rings. The molecule has 0 atom stereocenters. The number of nitrogens with one attached hydrogen (secondary N) is 1. The van der Waals surface area contributed by atoms with Crippen LogP contribution in [0, 0.1) is 11.3 Å². The summed E-state index contributed by atoms with van der Waals surface area (Å²) < 4.78 is 0. The second kappa shape index (κ2) is 4.47. The van der Waals surface area contributed by atoms with Crippen molar-refractivity contribution >= 4 is 23.0 Å². The molecular formula is C14H16N4O. The van der Waals surface area contributed by atoms with Crippen LogP contribution in [0.4, 0.5) is 17.1 Å². The molecule has 3 rings (SSSR count). The molecule has 0 aromatic heterocycles. The van der Waals surface area contributed by atoms with Crippen molar-refractivity contribution in [1.29, 1.82) is 5.26 Å². The van der Waals surface area contributed by atoms with Gasteiger partial charge in [0.2, 0.25) is 5.91 Å². The molecule has 5 heteroatoms. The monoisotopic (exact) mass is 256 g/mol. The highest BCUT2D eigenvalue weighted by molar-refractivity contribution is 6.01. The predicted octanol–water partition coefficient (Wildman–Crippen LogP) is 1.65. The first-order chi connectivity index (χ1) is 9.19. The van der Waals surface area contributed by atoms with Gasteiger partial charge in [0.1, 0.15) is 0 Å². The first-order valence-corrected chi connectivity index (χ1v) is 6.55. The van der Waals surface area contributed by atoms with Gasteiger partial charge in [-0.25, -0.2) is 0 Å². The average molecular weight is 256 g/mol. The summed E-state index contributed by atoms with van der Waals surface area (Å²) in [6.07, 6.45) is 3.18. The largest absolute Gasteiger partial charge is 0.397 e. The van der Waals surface area contributed by atoms with Crippen LogP contribution in [-0.4, -0.2) is 18.5 Å². The first kappa shape index (κ1) is 11.8. The third kappa shape index (κ3) is 2.22. The maximum Gasteiger partial charge on any atom is 0.228 e. The molecule has 0 spiro atoms. The number of rotatable bonds is 4. The van der Waals surface area contributed by atoms with E-state index in [-0.39, 0.29) is 5.91 Å². The summed E-state index contributed by atoms with van der Waals surface area (Å²) in [6, 6.07) is 6.50. The Labute approximate surface area is 112 Å². The number of carbonyl (C=O) groups excluding carboxylic acids is 1. The molecule has 0 bridgehead atoms. The van der Waals surface area contributed by atoms with Crippen molar-refractivity contribution in [3.05, 3.63) is 17.7 Å². The number of anilines is 3. The van der Waals surface area contributed by atoms with Crippen LogP contribution in [0.3, 0.4) is 0 Å². The summed E-state index contributed by atoms with van der Waals surface area (Å²) in [7, 11) is 0. The Bertz CT molecular complexity index is 572.